The first-order valence-corrected chi connectivity index (χ1v) is 17.1. The molecular weight excluding hydrogens is 609 g/mol. The van der Waals surface area contributed by atoms with E-state index in [1.807, 2.05) is 0 Å². The van der Waals surface area contributed by atoms with Crippen molar-refractivity contribution in [2.24, 2.45) is 0 Å². The molecule has 0 aliphatic rings. The van der Waals surface area contributed by atoms with Gasteiger partial charge in [-0.15, -0.1) is 0 Å². The summed E-state index contributed by atoms with van der Waals surface area (Å²) in [5.74, 6) is 0.669. The predicted octanol–water partition coefficient (Wildman–Crippen LogP) is 11.9. The number of hydrogen-bond acceptors (Lipinski definition) is 2. The molecule has 4 heterocycles. The standard InChI is InChI=1S/C46H26N4/c1-2-13-28(14-3-1)44-41-30-16-6-4-12-27(30)24-25-35(41)47-46(48-44)50-37-21-10-19-32-34-26-29-15-5-7-17-31(29)40-33-18-8-9-20-36(33)49(45(34)40)38-22-11-23-39(50)43(38)42(32)37/h1-26H. The molecule has 0 amide bonds. The van der Waals surface area contributed by atoms with Gasteiger partial charge in [0.05, 0.1) is 38.8 Å². The molecule has 0 aliphatic heterocycles. The second-order valence-corrected chi connectivity index (χ2v) is 13.3. The number of hydrogen-bond donors (Lipinski definition) is 0. The number of rotatable bonds is 2. The first-order chi connectivity index (χ1) is 24.8. The summed E-state index contributed by atoms with van der Waals surface area (Å²) in [6, 6.07) is 56.9. The van der Waals surface area contributed by atoms with E-state index in [1.54, 1.807) is 0 Å². The van der Waals surface area contributed by atoms with Crippen LogP contribution in [0.25, 0.3) is 110 Å². The van der Waals surface area contributed by atoms with Crippen molar-refractivity contribution in [1.29, 1.82) is 0 Å². The Bertz CT molecular complexity index is 3370. The van der Waals surface area contributed by atoms with Crippen LogP contribution in [0.15, 0.2) is 158 Å². The van der Waals surface area contributed by atoms with Gasteiger partial charge in [-0.1, -0.05) is 121 Å². The molecule has 4 aromatic heterocycles. The number of aromatic nitrogens is 4. The molecule has 4 nitrogen and oxygen atoms in total. The molecule has 0 aliphatic carbocycles. The summed E-state index contributed by atoms with van der Waals surface area (Å²) in [6.45, 7) is 0. The van der Waals surface area contributed by atoms with Crippen LogP contribution in [-0.2, 0) is 0 Å². The van der Waals surface area contributed by atoms with Crippen LogP contribution in [0.4, 0.5) is 0 Å². The van der Waals surface area contributed by atoms with Crippen LogP contribution in [0, 0.1) is 0 Å². The Morgan fingerprint density at radius 1 is 0.380 bits per heavy atom. The Hall–Kier alpha value is -6.78. The third kappa shape index (κ3) is 3.25. The van der Waals surface area contributed by atoms with E-state index in [4.69, 9.17) is 9.97 Å². The Balaban J connectivity index is 1.31. The van der Waals surface area contributed by atoms with E-state index in [2.05, 4.69) is 167 Å². The van der Waals surface area contributed by atoms with Crippen LogP contribution < -0.4 is 0 Å². The zero-order valence-corrected chi connectivity index (χ0v) is 26.8. The zero-order valence-electron chi connectivity index (χ0n) is 26.8. The van der Waals surface area contributed by atoms with Crippen molar-refractivity contribution in [2.75, 3.05) is 0 Å². The van der Waals surface area contributed by atoms with Crippen LogP contribution >= 0.6 is 0 Å². The molecule has 0 bridgehead atoms. The zero-order chi connectivity index (χ0) is 32.5. The van der Waals surface area contributed by atoms with Crippen LogP contribution in [0.3, 0.4) is 0 Å². The van der Waals surface area contributed by atoms with E-state index in [1.165, 1.54) is 65.0 Å². The summed E-state index contributed by atoms with van der Waals surface area (Å²) in [4.78, 5) is 10.8. The van der Waals surface area contributed by atoms with E-state index in [0.717, 1.165) is 38.6 Å². The lowest BCUT2D eigenvalue weighted by molar-refractivity contribution is 1.01. The van der Waals surface area contributed by atoms with Crippen molar-refractivity contribution < 1.29 is 0 Å². The number of benzene rings is 8. The van der Waals surface area contributed by atoms with E-state index in [9.17, 15) is 0 Å². The van der Waals surface area contributed by atoms with Gasteiger partial charge in [0.15, 0.2) is 0 Å². The topological polar surface area (TPSA) is 35.1 Å². The average molecular weight is 635 g/mol. The lowest BCUT2D eigenvalue weighted by Crippen LogP contribution is -2.04. The summed E-state index contributed by atoms with van der Waals surface area (Å²) in [5, 5.41) is 13.4. The van der Waals surface area contributed by atoms with Gasteiger partial charge in [0, 0.05) is 37.9 Å². The molecule has 8 aromatic carbocycles. The predicted molar refractivity (Wildman–Crippen MR) is 209 cm³/mol. The van der Waals surface area contributed by atoms with Gasteiger partial charge in [-0.2, -0.15) is 0 Å². The molecule has 0 fully saturated rings. The van der Waals surface area contributed by atoms with Gasteiger partial charge in [-0.05, 0) is 63.3 Å². The molecule has 230 valence electrons. The van der Waals surface area contributed by atoms with Crippen LogP contribution in [0.2, 0.25) is 0 Å². The smallest absolute Gasteiger partial charge is 0.235 e. The van der Waals surface area contributed by atoms with Crippen molar-refractivity contribution in [3.05, 3.63) is 158 Å². The largest absolute Gasteiger partial charge is 0.308 e. The maximum atomic E-state index is 5.48. The SMILES string of the molecule is c1ccc(-c2nc(-n3c4cccc5c6cc7ccccc7c7c8ccccc8n(c8cccc3c8c54)c67)nc3ccc4ccccc4c23)cc1. The summed E-state index contributed by atoms with van der Waals surface area (Å²) < 4.78 is 4.79. The van der Waals surface area contributed by atoms with Gasteiger partial charge in [-0.25, -0.2) is 9.97 Å². The Labute approximate surface area is 285 Å². The van der Waals surface area contributed by atoms with E-state index < -0.39 is 0 Å². The van der Waals surface area contributed by atoms with Crippen molar-refractivity contribution in [3.63, 3.8) is 0 Å². The minimum Gasteiger partial charge on any atom is -0.308 e. The number of nitrogens with zero attached hydrogens (tertiary/aromatic N) is 4. The molecule has 0 spiro atoms. The minimum absolute atomic E-state index is 0.669. The number of para-hydroxylation sites is 1. The maximum absolute atomic E-state index is 5.48. The van der Waals surface area contributed by atoms with Crippen LogP contribution in [0.1, 0.15) is 0 Å². The quantitative estimate of drug-likeness (QED) is 0.177. The Morgan fingerprint density at radius 3 is 1.88 bits per heavy atom. The molecule has 0 radical (unpaired) electrons. The molecular formula is C46H26N4. The first-order valence-electron chi connectivity index (χ1n) is 17.1. The van der Waals surface area contributed by atoms with Gasteiger partial charge in [0.1, 0.15) is 0 Å². The number of fused-ring (bicyclic) bond motifs is 10. The molecule has 4 heteroatoms. The lowest BCUT2D eigenvalue weighted by Gasteiger charge is -2.14. The molecule has 12 rings (SSSR count). The van der Waals surface area contributed by atoms with E-state index in [-0.39, 0.29) is 0 Å². The highest BCUT2D eigenvalue weighted by atomic mass is 15.2. The molecule has 0 atom stereocenters. The Morgan fingerprint density at radius 2 is 1.02 bits per heavy atom. The van der Waals surface area contributed by atoms with Crippen LogP contribution in [0.5, 0.6) is 0 Å². The second kappa shape index (κ2) is 9.43. The van der Waals surface area contributed by atoms with Gasteiger partial charge in [-0.3, -0.25) is 4.57 Å². The molecule has 0 saturated heterocycles. The third-order valence-electron chi connectivity index (χ3n) is 10.8. The fourth-order valence-electron chi connectivity index (χ4n) is 8.81. The van der Waals surface area contributed by atoms with E-state index >= 15 is 0 Å². The first kappa shape index (κ1) is 26.2. The minimum atomic E-state index is 0.669. The summed E-state index contributed by atoms with van der Waals surface area (Å²) in [6.07, 6.45) is 0. The molecule has 12 aromatic rings. The Kier molecular flexibility index (Phi) is 4.94. The van der Waals surface area contributed by atoms with Gasteiger partial charge in [0.2, 0.25) is 5.95 Å². The molecule has 50 heavy (non-hydrogen) atoms. The fourth-order valence-corrected chi connectivity index (χ4v) is 8.81. The van der Waals surface area contributed by atoms with Gasteiger partial charge < -0.3 is 4.40 Å². The van der Waals surface area contributed by atoms with Crippen molar-refractivity contribution >= 4 is 92.3 Å². The van der Waals surface area contributed by atoms with Crippen molar-refractivity contribution in [3.8, 4) is 17.2 Å². The van der Waals surface area contributed by atoms with Gasteiger partial charge in [0.25, 0.3) is 0 Å². The highest BCUT2D eigenvalue weighted by Crippen LogP contribution is 2.46. The fraction of sp³-hybridized carbons (Fsp3) is 0. The molecule has 0 N–H and O–H groups in total. The average Bonchev–Trinajstić information content (AvgIpc) is 3.67. The summed E-state index contributed by atoms with van der Waals surface area (Å²) >= 11 is 0. The highest BCUT2D eigenvalue weighted by molar-refractivity contribution is 6.35. The maximum Gasteiger partial charge on any atom is 0.235 e. The van der Waals surface area contributed by atoms with Crippen molar-refractivity contribution in [2.45, 2.75) is 0 Å². The van der Waals surface area contributed by atoms with E-state index in [0.29, 0.717) is 5.95 Å². The molecule has 0 saturated carbocycles. The monoisotopic (exact) mass is 634 g/mol. The van der Waals surface area contributed by atoms with Gasteiger partial charge >= 0.3 is 0 Å². The van der Waals surface area contributed by atoms with Crippen molar-refractivity contribution in [1.82, 2.24) is 18.9 Å². The lowest BCUT2D eigenvalue weighted by atomic mass is 9.98. The third-order valence-corrected chi connectivity index (χ3v) is 10.8. The van der Waals surface area contributed by atoms with Crippen LogP contribution in [-0.4, -0.2) is 18.9 Å². The highest BCUT2D eigenvalue weighted by Gasteiger charge is 2.24. The summed E-state index contributed by atoms with van der Waals surface area (Å²) in [7, 11) is 0. The second-order valence-electron chi connectivity index (χ2n) is 13.3. The molecule has 0 unspecified atom stereocenters. The summed E-state index contributed by atoms with van der Waals surface area (Å²) in [5.41, 5.74) is 8.77. The normalized spacial score (nSPS) is 12.4.